The maximum Gasteiger partial charge on any atom is 0.294 e. The van der Waals surface area contributed by atoms with Crippen molar-refractivity contribution in [2.75, 3.05) is 34.8 Å². The molecule has 0 spiro atoms. The van der Waals surface area contributed by atoms with Gasteiger partial charge in [-0.15, -0.1) is 0 Å². The summed E-state index contributed by atoms with van der Waals surface area (Å²) in [6.07, 6.45) is -0.507. The topological polar surface area (TPSA) is 145 Å². The molecule has 2 heterocycles. The molecule has 0 bridgehead atoms. The number of nitrogens with one attached hydrogen (secondary N) is 2. The number of Topliss-reactive ketones (excluding diaryl/α,β-unsaturated/α-hetero) is 1. The van der Waals surface area contributed by atoms with Gasteiger partial charge in [0.1, 0.15) is 17.2 Å². The Morgan fingerprint density at radius 2 is 1.88 bits per heavy atom. The number of methoxy groups -OCH3 is 1. The van der Waals surface area contributed by atoms with Crippen LogP contribution in [0.3, 0.4) is 0 Å². The third-order valence-electron chi connectivity index (χ3n) is 5.67. The van der Waals surface area contributed by atoms with Crippen molar-refractivity contribution in [3.63, 3.8) is 0 Å². The molecule has 1 aliphatic rings. The average molecular weight is 475 g/mol. The highest BCUT2D eigenvalue weighted by molar-refractivity contribution is 6.39. The first-order valence-electron chi connectivity index (χ1n) is 10.4. The zero-order valence-corrected chi connectivity index (χ0v) is 19.2. The number of ether oxygens (including phenoxy) is 1. The first-order chi connectivity index (χ1) is 16.0. The minimum absolute atomic E-state index is 0.0331. The number of aromatic nitrogens is 2. The number of H-pyrrole nitrogens is 1. The quantitative estimate of drug-likeness (QED) is 0.465. The molecule has 2 amide bonds. The molecule has 3 N–H and O–H groups in total. The number of rotatable bonds is 7. The van der Waals surface area contributed by atoms with Gasteiger partial charge in [0.2, 0.25) is 11.5 Å². The number of ketones is 1. The lowest BCUT2D eigenvalue weighted by Crippen LogP contribution is -2.53. The molecule has 0 aliphatic carbocycles. The maximum atomic E-state index is 13.2. The SMILES string of the molecule is CO[C@H]1CN[C@@](C(=O)C(=O)N(C)C)(c2nc(C(=O)N(C)Cc3ccc(F)cc3)c(O)c(=O)[nH]2)C1. The van der Waals surface area contributed by atoms with Gasteiger partial charge in [0.05, 0.1) is 6.10 Å². The summed E-state index contributed by atoms with van der Waals surface area (Å²) >= 11 is 0. The van der Waals surface area contributed by atoms with Crippen molar-refractivity contribution in [2.24, 2.45) is 0 Å². The van der Waals surface area contributed by atoms with Gasteiger partial charge in [-0.1, -0.05) is 12.1 Å². The van der Waals surface area contributed by atoms with E-state index in [9.17, 15) is 28.7 Å². The average Bonchev–Trinajstić information content (AvgIpc) is 3.26. The summed E-state index contributed by atoms with van der Waals surface area (Å²) in [5, 5.41) is 13.2. The number of amides is 2. The molecule has 3 rings (SSSR count). The van der Waals surface area contributed by atoms with E-state index in [2.05, 4.69) is 15.3 Å². The molecule has 2 aromatic rings. The van der Waals surface area contributed by atoms with E-state index in [1.165, 1.54) is 57.4 Å². The van der Waals surface area contributed by atoms with E-state index in [1.807, 2.05) is 0 Å². The van der Waals surface area contributed by atoms with E-state index in [4.69, 9.17) is 4.74 Å². The third kappa shape index (κ3) is 4.68. The highest BCUT2D eigenvalue weighted by Gasteiger charge is 2.52. The molecule has 1 saturated heterocycles. The Balaban J connectivity index is 2.03. The van der Waals surface area contributed by atoms with Gasteiger partial charge in [0.25, 0.3) is 17.4 Å². The number of hydrogen-bond donors (Lipinski definition) is 3. The summed E-state index contributed by atoms with van der Waals surface area (Å²) in [5.41, 5.74) is -2.80. The van der Waals surface area contributed by atoms with Crippen molar-refractivity contribution >= 4 is 17.6 Å². The largest absolute Gasteiger partial charge is 0.501 e. The summed E-state index contributed by atoms with van der Waals surface area (Å²) in [5.74, 6) is -4.20. The molecular formula is C22H26FN5O6. The Hall–Kier alpha value is -3.64. The molecule has 0 radical (unpaired) electrons. The van der Waals surface area contributed by atoms with Gasteiger partial charge < -0.3 is 24.6 Å². The highest BCUT2D eigenvalue weighted by Crippen LogP contribution is 2.32. The molecule has 182 valence electrons. The van der Waals surface area contributed by atoms with Crippen LogP contribution in [0.1, 0.15) is 28.3 Å². The van der Waals surface area contributed by atoms with Gasteiger partial charge >= 0.3 is 0 Å². The van der Waals surface area contributed by atoms with Crippen LogP contribution in [0.4, 0.5) is 4.39 Å². The zero-order chi connectivity index (χ0) is 25.2. The predicted octanol–water partition coefficient (Wildman–Crippen LogP) is -0.252. The van der Waals surface area contributed by atoms with Crippen LogP contribution in [-0.2, 0) is 26.4 Å². The summed E-state index contributed by atoms with van der Waals surface area (Å²) in [6.45, 7) is 0.219. The molecule has 1 fully saturated rings. The first kappa shape index (κ1) is 25.0. The van der Waals surface area contributed by atoms with E-state index in [1.54, 1.807) is 0 Å². The lowest BCUT2D eigenvalue weighted by Gasteiger charge is -2.28. The van der Waals surface area contributed by atoms with Gasteiger partial charge in [0.15, 0.2) is 5.69 Å². The number of likely N-dealkylation sites (N-methyl/N-ethyl adjacent to an activating group) is 1. The second-order valence-corrected chi connectivity index (χ2v) is 8.28. The molecule has 1 aromatic heterocycles. The Morgan fingerprint density at radius 1 is 1.24 bits per heavy atom. The molecule has 11 nitrogen and oxygen atoms in total. The molecule has 34 heavy (non-hydrogen) atoms. The molecule has 1 aromatic carbocycles. The van der Waals surface area contributed by atoms with Crippen LogP contribution >= 0.6 is 0 Å². The standard InChI is InChI=1S/C22H26FN5O6/c1-27(2)20(33)17(30)22(9-14(34-4)10-24-22)21-25-15(16(29)18(31)26-21)19(32)28(3)11-12-5-7-13(23)8-6-12/h5-8,14,24,29H,9-11H2,1-4H3,(H,25,26,31)/t14-,22+/m1/s1. The summed E-state index contributed by atoms with van der Waals surface area (Å²) in [4.78, 5) is 60.1. The minimum Gasteiger partial charge on any atom is -0.501 e. The number of benzene rings is 1. The van der Waals surface area contributed by atoms with E-state index in [0.29, 0.717) is 5.56 Å². The van der Waals surface area contributed by atoms with E-state index >= 15 is 0 Å². The minimum atomic E-state index is -1.76. The highest BCUT2D eigenvalue weighted by atomic mass is 19.1. The van der Waals surface area contributed by atoms with Crippen LogP contribution in [0.25, 0.3) is 0 Å². The van der Waals surface area contributed by atoms with Crippen molar-refractivity contribution < 1.29 is 28.6 Å². The Morgan fingerprint density at radius 3 is 2.44 bits per heavy atom. The monoisotopic (exact) mass is 475 g/mol. The summed E-state index contributed by atoms with van der Waals surface area (Å²) < 4.78 is 18.5. The van der Waals surface area contributed by atoms with Crippen molar-refractivity contribution in [3.8, 4) is 5.75 Å². The van der Waals surface area contributed by atoms with Crippen LogP contribution in [-0.4, -0.2) is 83.4 Å². The van der Waals surface area contributed by atoms with Crippen molar-refractivity contribution in [1.29, 1.82) is 0 Å². The smallest absolute Gasteiger partial charge is 0.294 e. The van der Waals surface area contributed by atoms with Crippen molar-refractivity contribution in [3.05, 3.63) is 57.5 Å². The number of carbonyl (C=O) groups excluding carboxylic acids is 3. The number of nitrogens with zero attached hydrogens (tertiary/aromatic N) is 3. The first-order valence-corrected chi connectivity index (χ1v) is 10.4. The molecule has 2 atom stereocenters. The molecule has 1 aliphatic heterocycles. The number of hydrogen-bond acceptors (Lipinski definition) is 8. The Labute approximate surface area is 194 Å². The van der Waals surface area contributed by atoms with E-state index in [0.717, 1.165) is 4.90 Å². The lowest BCUT2D eigenvalue weighted by molar-refractivity contribution is -0.146. The van der Waals surface area contributed by atoms with Gasteiger partial charge in [-0.05, 0) is 17.7 Å². The Bertz CT molecular complexity index is 1170. The predicted molar refractivity (Wildman–Crippen MR) is 118 cm³/mol. The molecule has 0 unspecified atom stereocenters. The van der Waals surface area contributed by atoms with Gasteiger partial charge in [-0.2, -0.15) is 0 Å². The summed E-state index contributed by atoms with van der Waals surface area (Å²) in [6, 6.07) is 5.46. The third-order valence-corrected chi connectivity index (χ3v) is 5.67. The van der Waals surface area contributed by atoms with Crippen molar-refractivity contribution in [2.45, 2.75) is 24.6 Å². The number of carbonyl (C=O) groups is 3. The number of aromatic amines is 1. The van der Waals surface area contributed by atoms with E-state index in [-0.39, 0.29) is 25.3 Å². The van der Waals surface area contributed by atoms with Crippen LogP contribution in [0.2, 0.25) is 0 Å². The van der Waals surface area contributed by atoms with Crippen LogP contribution in [0.5, 0.6) is 5.75 Å². The second kappa shape index (κ2) is 9.69. The molecule has 0 saturated carbocycles. The van der Waals surface area contributed by atoms with Crippen molar-refractivity contribution in [1.82, 2.24) is 25.1 Å². The van der Waals surface area contributed by atoms with Crippen LogP contribution < -0.4 is 10.9 Å². The van der Waals surface area contributed by atoms with Gasteiger partial charge in [-0.25, -0.2) is 9.37 Å². The normalized spacial score (nSPS) is 19.6. The fourth-order valence-electron chi connectivity index (χ4n) is 3.72. The van der Waals surface area contributed by atoms with Gasteiger partial charge in [0, 0.05) is 47.8 Å². The molecular weight excluding hydrogens is 449 g/mol. The fourth-order valence-corrected chi connectivity index (χ4v) is 3.72. The van der Waals surface area contributed by atoms with Crippen LogP contribution in [0, 0.1) is 5.82 Å². The number of aromatic hydroxyl groups is 1. The van der Waals surface area contributed by atoms with Gasteiger partial charge in [-0.3, -0.25) is 24.5 Å². The Kier molecular flexibility index (Phi) is 7.12. The molecule has 12 heteroatoms. The summed E-state index contributed by atoms with van der Waals surface area (Å²) in [7, 11) is 5.66. The maximum absolute atomic E-state index is 13.2. The zero-order valence-electron chi connectivity index (χ0n) is 19.2. The van der Waals surface area contributed by atoms with E-state index < -0.39 is 52.1 Å². The lowest BCUT2D eigenvalue weighted by atomic mass is 9.89. The fraction of sp³-hybridized carbons (Fsp3) is 0.409. The number of halogens is 1. The second-order valence-electron chi connectivity index (χ2n) is 8.28. The van der Waals surface area contributed by atoms with Crippen LogP contribution in [0.15, 0.2) is 29.1 Å².